The number of halogens is 2. The highest BCUT2D eigenvalue weighted by atomic mass is 35.5. The van der Waals surface area contributed by atoms with Crippen LogP contribution in [0.5, 0.6) is 0 Å². The molecule has 1 aromatic heterocycles. The van der Waals surface area contributed by atoms with Crippen LogP contribution < -0.4 is 11.1 Å². The zero-order valence-corrected chi connectivity index (χ0v) is 12.7. The van der Waals surface area contributed by atoms with Gasteiger partial charge in [0.1, 0.15) is 11.6 Å². The molecule has 0 atom stereocenters. The van der Waals surface area contributed by atoms with Gasteiger partial charge in [0, 0.05) is 6.54 Å². The Kier molecular flexibility index (Phi) is 3.19. The number of rotatable bonds is 3. The van der Waals surface area contributed by atoms with Crippen molar-refractivity contribution in [1.29, 1.82) is 0 Å². The van der Waals surface area contributed by atoms with Crippen molar-refractivity contribution in [2.24, 2.45) is 16.7 Å². The summed E-state index contributed by atoms with van der Waals surface area (Å²) in [5, 5.41) is 4.16. The molecule has 18 heavy (non-hydrogen) atoms. The largest absolute Gasteiger partial charge is 0.382 e. The average Bonchev–Trinajstić information content (AvgIpc) is 2.62. The number of hydrogen-bond acceptors (Lipinski definition) is 3. The minimum atomic E-state index is 0.304. The molecule has 0 spiro atoms. The second-order valence-corrected chi connectivity index (χ2v) is 6.88. The molecule has 0 aromatic carbocycles. The molecule has 0 amide bonds. The summed E-state index contributed by atoms with van der Waals surface area (Å²) in [7, 11) is 0. The highest BCUT2D eigenvalue weighted by Gasteiger charge is 2.64. The predicted molar refractivity (Wildman–Crippen MR) is 78.2 cm³/mol. The fourth-order valence-corrected chi connectivity index (χ4v) is 3.07. The van der Waals surface area contributed by atoms with Crippen molar-refractivity contribution in [2.45, 2.75) is 27.7 Å². The third-order valence-electron chi connectivity index (χ3n) is 4.75. The molecular formula is C13H19Cl2N3. The van der Waals surface area contributed by atoms with Gasteiger partial charge < -0.3 is 11.1 Å². The van der Waals surface area contributed by atoms with Crippen LogP contribution in [0.2, 0.25) is 10.0 Å². The molecule has 1 fully saturated rings. The Labute approximate surface area is 118 Å². The maximum absolute atomic E-state index is 6.08. The van der Waals surface area contributed by atoms with E-state index in [1.807, 2.05) is 0 Å². The summed E-state index contributed by atoms with van der Waals surface area (Å²) in [5.74, 6) is 1.51. The summed E-state index contributed by atoms with van der Waals surface area (Å²) in [5.41, 5.74) is 6.35. The third kappa shape index (κ3) is 2.04. The fourth-order valence-electron chi connectivity index (χ4n) is 2.65. The van der Waals surface area contributed by atoms with Crippen molar-refractivity contribution in [3.8, 4) is 0 Å². The minimum absolute atomic E-state index is 0.304. The maximum Gasteiger partial charge on any atom is 0.147 e. The highest BCUT2D eigenvalue weighted by molar-refractivity contribution is 6.37. The van der Waals surface area contributed by atoms with Crippen molar-refractivity contribution in [3.05, 3.63) is 16.1 Å². The van der Waals surface area contributed by atoms with Crippen LogP contribution in [0.4, 0.5) is 11.6 Å². The zero-order valence-electron chi connectivity index (χ0n) is 11.1. The van der Waals surface area contributed by atoms with Gasteiger partial charge in [-0.2, -0.15) is 0 Å². The van der Waals surface area contributed by atoms with Gasteiger partial charge >= 0.3 is 0 Å². The van der Waals surface area contributed by atoms with E-state index in [1.54, 1.807) is 6.07 Å². The molecule has 0 aliphatic heterocycles. The molecule has 1 aliphatic rings. The van der Waals surface area contributed by atoms with Gasteiger partial charge in [0.15, 0.2) is 0 Å². The SMILES string of the molecule is CC1(C)C(CNc2nc(N)c(Cl)cc2Cl)C1(C)C. The first-order valence-corrected chi connectivity index (χ1v) is 6.79. The Morgan fingerprint density at radius 1 is 1.22 bits per heavy atom. The number of nitrogens with two attached hydrogens (primary N) is 1. The Morgan fingerprint density at radius 2 is 1.78 bits per heavy atom. The number of nitrogens with zero attached hydrogens (tertiary/aromatic N) is 1. The lowest BCUT2D eigenvalue weighted by Crippen LogP contribution is -2.10. The van der Waals surface area contributed by atoms with Gasteiger partial charge in [-0.1, -0.05) is 50.9 Å². The molecule has 3 nitrogen and oxygen atoms in total. The molecule has 0 saturated heterocycles. The second kappa shape index (κ2) is 4.17. The number of anilines is 2. The number of nitrogens with one attached hydrogen (secondary N) is 1. The summed E-state index contributed by atoms with van der Waals surface area (Å²) >= 11 is 11.9. The maximum atomic E-state index is 6.08. The predicted octanol–water partition coefficient (Wildman–Crippen LogP) is 4.06. The standard InChI is InChI=1S/C13H19Cl2N3/c1-12(2)9(13(12,3)4)6-17-11-8(15)5-7(14)10(16)18-11/h5,9H,6H2,1-4H3,(H3,16,17,18). The van der Waals surface area contributed by atoms with E-state index in [0.29, 0.717) is 38.4 Å². The molecule has 5 heteroatoms. The van der Waals surface area contributed by atoms with Gasteiger partial charge in [-0.3, -0.25) is 0 Å². The van der Waals surface area contributed by atoms with Crippen molar-refractivity contribution in [1.82, 2.24) is 4.98 Å². The number of aromatic nitrogens is 1. The van der Waals surface area contributed by atoms with Crippen molar-refractivity contribution in [3.63, 3.8) is 0 Å². The van der Waals surface area contributed by atoms with Crippen LogP contribution in [0.25, 0.3) is 0 Å². The highest BCUT2D eigenvalue weighted by Crippen LogP contribution is 2.68. The molecular weight excluding hydrogens is 269 g/mol. The lowest BCUT2D eigenvalue weighted by Gasteiger charge is -2.10. The van der Waals surface area contributed by atoms with Crippen LogP contribution in [-0.2, 0) is 0 Å². The topological polar surface area (TPSA) is 50.9 Å². The van der Waals surface area contributed by atoms with Crippen molar-refractivity contribution in [2.75, 3.05) is 17.6 Å². The molecule has 1 saturated carbocycles. The zero-order chi connectivity index (χ0) is 13.7. The molecule has 1 aromatic rings. The lowest BCUT2D eigenvalue weighted by molar-refractivity contribution is 0.457. The molecule has 0 unspecified atom stereocenters. The number of nitrogen functional groups attached to an aromatic ring is 1. The Bertz CT molecular complexity index is 469. The molecule has 3 N–H and O–H groups in total. The number of hydrogen-bond donors (Lipinski definition) is 2. The van der Waals surface area contributed by atoms with E-state index in [9.17, 15) is 0 Å². The third-order valence-corrected chi connectivity index (χ3v) is 5.34. The van der Waals surface area contributed by atoms with E-state index in [1.165, 1.54) is 0 Å². The fraction of sp³-hybridized carbons (Fsp3) is 0.615. The van der Waals surface area contributed by atoms with E-state index in [4.69, 9.17) is 28.9 Å². The van der Waals surface area contributed by atoms with E-state index in [0.717, 1.165) is 6.54 Å². The molecule has 1 heterocycles. The van der Waals surface area contributed by atoms with Crippen LogP contribution in [-0.4, -0.2) is 11.5 Å². The van der Waals surface area contributed by atoms with Gasteiger partial charge in [0.05, 0.1) is 10.0 Å². The summed E-state index contributed by atoms with van der Waals surface area (Å²) < 4.78 is 0. The molecule has 0 radical (unpaired) electrons. The van der Waals surface area contributed by atoms with Gasteiger partial charge in [0.2, 0.25) is 0 Å². The quantitative estimate of drug-likeness (QED) is 0.881. The van der Waals surface area contributed by atoms with Crippen LogP contribution in [0.3, 0.4) is 0 Å². The first-order valence-electron chi connectivity index (χ1n) is 6.03. The van der Waals surface area contributed by atoms with Crippen molar-refractivity contribution >= 4 is 34.8 Å². The lowest BCUT2D eigenvalue weighted by atomic mass is 10.0. The molecule has 2 rings (SSSR count). The van der Waals surface area contributed by atoms with E-state index in [-0.39, 0.29) is 0 Å². The summed E-state index contributed by atoms with van der Waals surface area (Å²) in [4.78, 5) is 4.17. The molecule has 1 aliphatic carbocycles. The minimum Gasteiger partial charge on any atom is -0.382 e. The molecule has 100 valence electrons. The average molecular weight is 288 g/mol. The van der Waals surface area contributed by atoms with Crippen LogP contribution in [0, 0.1) is 16.7 Å². The summed E-state index contributed by atoms with van der Waals surface area (Å²) in [6.07, 6.45) is 0. The Balaban J connectivity index is 2.07. The summed E-state index contributed by atoms with van der Waals surface area (Å²) in [6.45, 7) is 9.97. The van der Waals surface area contributed by atoms with E-state index in [2.05, 4.69) is 38.0 Å². The number of pyridine rings is 1. The van der Waals surface area contributed by atoms with Crippen molar-refractivity contribution < 1.29 is 0 Å². The first-order chi connectivity index (χ1) is 8.18. The Morgan fingerprint density at radius 3 is 2.28 bits per heavy atom. The second-order valence-electron chi connectivity index (χ2n) is 6.06. The summed E-state index contributed by atoms with van der Waals surface area (Å²) in [6, 6.07) is 1.62. The van der Waals surface area contributed by atoms with Crippen LogP contribution in [0.15, 0.2) is 6.07 Å². The van der Waals surface area contributed by atoms with E-state index >= 15 is 0 Å². The van der Waals surface area contributed by atoms with Crippen LogP contribution >= 0.6 is 23.2 Å². The van der Waals surface area contributed by atoms with Gasteiger partial charge in [-0.15, -0.1) is 0 Å². The normalized spacial score (nSPS) is 20.8. The van der Waals surface area contributed by atoms with Crippen LogP contribution in [0.1, 0.15) is 27.7 Å². The monoisotopic (exact) mass is 287 g/mol. The molecule has 0 bridgehead atoms. The first kappa shape index (κ1) is 13.8. The van der Waals surface area contributed by atoms with Gasteiger partial charge in [-0.05, 0) is 22.8 Å². The van der Waals surface area contributed by atoms with Gasteiger partial charge in [0.25, 0.3) is 0 Å². The van der Waals surface area contributed by atoms with Gasteiger partial charge in [-0.25, -0.2) is 4.98 Å². The Hall–Kier alpha value is -0.670. The smallest absolute Gasteiger partial charge is 0.147 e. The van der Waals surface area contributed by atoms with E-state index < -0.39 is 0 Å².